The molecule has 22 heavy (non-hydrogen) atoms. The lowest BCUT2D eigenvalue weighted by Gasteiger charge is -2.28. The maximum Gasteiger partial charge on any atom is 0.0461 e. The van der Waals surface area contributed by atoms with Gasteiger partial charge in [-0.05, 0) is 57.9 Å². The molecule has 0 radical (unpaired) electrons. The average molecular weight is 291 g/mol. The molecule has 1 aromatic rings. The van der Waals surface area contributed by atoms with Gasteiger partial charge >= 0.3 is 0 Å². The molecule has 1 aromatic carbocycles. The van der Waals surface area contributed by atoms with Gasteiger partial charge in [-0.25, -0.2) is 0 Å². The molecule has 0 aliphatic heterocycles. The fourth-order valence-corrected chi connectivity index (χ4v) is 2.56. The highest BCUT2D eigenvalue weighted by atomic mass is 15.1. The number of rotatable bonds is 4. The second-order valence-corrected chi connectivity index (χ2v) is 5.37. The number of anilines is 1. The van der Waals surface area contributed by atoms with Crippen molar-refractivity contribution in [3.8, 4) is 0 Å². The Morgan fingerprint density at radius 1 is 1.00 bits per heavy atom. The Balaban J connectivity index is 2.49. The minimum atomic E-state index is 1.06. The Morgan fingerprint density at radius 2 is 1.73 bits per heavy atom. The van der Waals surface area contributed by atoms with Gasteiger partial charge in [-0.15, -0.1) is 0 Å². The third kappa shape index (κ3) is 4.11. The second-order valence-electron chi connectivity index (χ2n) is 5.37. The first-order valence-electron chi connectivity index (χ1n) is 7.95. The molecule has 0 spiro atoms. The minimum absolute atomic E-state index is 1.06. The van der Waals surface area contributed by atoms with E-state index in [1.807, 2.05) is 0 Å². The summed E-state index contributed by atoms with van der Waals surface area (Å²) in [6, 6.07) is 10.5. The van der Waals surface area contributed by atoms with Crippen LogP contribution in [-0.4, -0.2) is 0 Å². The molecular weight excluding hydrogens is 266 g/mol. The van der Waals surface area contributed by atoms with E-state index >= 15 is 0 Å². The molecule has 1 aliphatic rings. The van der Waals surface area contributed by atoms with E-state index in [2.05, 4.69) is 98.5 Å². The Labute approximate surface area is 134 Å². The Bertz CT molecular complexity index is 627. The predicted molar refractivity (Wildman–Crippen MR) is 97.7 cm³/mol. The van der Waals surface area contributed by atoms with Crippen molar-refractivity contribution in [1.29, 1.82) is 0 Å². The quantitative estimate of drug-likeness (QED) is 0.601. The smallest absolute Gasteiger partial charge is 0.0461 e. The van der Waals surface area contributed by atoms with Gasteiger partial charge in [-0.1, -0.05) is 54.2 Å². The Hall–Kier alpha value is -2.28. The average Bonchev–Trinajstić information content (AvgIpc) is 2.53. The molecule has 0 saturated carbocycles. The summed E-state index contributed by atoms with van der Waals surface area (Å²) in [6.07, 6.45) is 17.6. The second kappa shape index (κ2) is 8.23. The molecule has 1 aliphatic carbocycles. The van der Waals surface area contributed by atoms with Crippen LogP contribution in [0.15, 0.2) is 89.8 Å². The molecule has 0 heterocycles. The molecule has 0 atom stereocenters. The van der Waals surface area contributed by atoms with Gasteiger partial charge in [0.1, 0.15) is 0 Å². The van der Waals surface area contributed by atoms with Crippen LogP contribution in [0.1, 0.15) is 33.6 Å². The molecule has 0 aromatic heterocycles. The van der Waals surface area contributed by atoms with Crippen molar-refractivity contribution in [1.82, 2.24) is 0 Å². The van der Waals surface area contributed by atoms with Crippen molar-refractivity contribution in [2.24, 2.45) is 0 Å². The highest BCUT2D eigenvalue weighted by Gasteiger charge is 2.13. The van der Waals surface area contributed by atoms with E-state index in [1.54, 1.807) is 0 Å². The zero-order chi connectivity index (χ0) is 15.8. The Morgan fingerprint density at radius 3 is 2.41 bits per heavy atom. The standard InChI is InChI=1S/C21H25N/c1-4-11-19(5-2)22(20-13-7-6-8-14-20)21-15-10-9-12-18(3)16-17-21/h4-8,11-17H,9-10H2,1-3H3/b11-4-,17-16?,18-12+,19-5+,21-15?. The fourth-order valence-electron chi connectivity index (χ4n) is 2.56. The van der Waals surface area contributed by atoms with Crippen LogP contribution in [0.5, 0.6) is 0 Å². The molecule has 1 nitrogen and oxygen atoms in total. The SMILES string of the molecule is C/C=C\C(=C/C)N(C1=CCC/C=C(\C)C=C1)c1ccccc1. The zero-order valence-corrected chi connectivity index (χ0v) is 13.8. The topological polar surface area (TPSA) is 3.24 Å². The van der Waals surface area contributed by atoms with E-state index < -0.39 is 0 Å². The van der Waals surface area contributed by atoms with Gasteiger partial charge in [0.05, 0.1) is 0 Å². The predicted octanol–water partition coefficient (Wildman–Crippen LogP) is 6.15. The monoisotopic (exact) mass is 291 g/mol. The van der Waals surface area contributed by atoms with E-state index in [-0.39, 0.29) is 0 Å². The number of allylic oxidation sites excluding steroid dienone is 8. The summed E-state index contributed by atoms with van der Waals surface area (Å²) in [7, 11) is 0. The molecule has 0 amide bonds. The molecule has 0 unspecified atom stereocenters. The lowest BCUT2D eigenvalue weighted by molar-refractivity contribution is 1.00. The highest BCUT2D eigenvalue weighted by molar-refractivity contribution is 5.62. The molecule has 0 fully saturated rings. The lowest BCUT2D eigenvalue weighted by atomic mass is 10.1. The van der Waals surface area contributed by atoms with Crippen molar-refractivity contribution in [2.75, 3.05) is 4.90 Å². The van der Waals surface area contributed by atoms with Crippen molar-refractivity contribution in [3.63, 3.8) is 0 Å². The van der Waals surface area contributed by atoms with Gasteiger partial charge in [-0.3, -0.25) is 0 Å². The van der Waals surface area contributed by atoms with E-state index in [4.69, 9.17) is 0 Å². The largest absolute Gasteiger partial charge is 0.311 e. The zero-order valence-electron chi connectivity index (χ0n) is 13.8. The summed E-state index contributed by atoms with van der Waals surface area (Å²) < 4.78 is 0. The van der Waals surface area contributed by atoms with E-state index in [0.717, 1.165) is 12.8 Å². The molecule has 0 bridgehead atoms. The molecule has 0 saturated heterocycles. The van der Waals surface area contributed by atoms with Crippen molar-refractivity contribution < 1.29 is 0 Å². The van der Waals surface area contributed by atoms with Gasteiger partial charge < -0.3 is 4.90 Å². The highest BCUT2D eigenvalue weighted by Crippen LogP contribution is 2.27. The van der Waals surface area contributed by atoms with Crippen molar-refractivity contribution in [2.45, 2.75) is 33.6 Å². The molecule has 114 valence electrons. The van der Waals surface area contributed by atoms with Crippen LogP contribution in [0.3, 0.4) is 0 Å². The lowest BCUT2D eigenvalue weighted by Crippen LogP contribution is -2.20. The fraction of sp³-hybridized carbons (Fsp3) is 0.238. The summed E-state index contributed by atoms with van der Waals surface area (Å²) in [4.78, 5) is 2.31. The maximum atomic E-state index is 2.32. The third-order valence-electron chi connectivity index (χ3n) is 3.67. The van der Waals surface area contributed by atoms with Crippen molar-refractivity contribution >= 4 is 5.69 Å². The third-order valence-corrected chi connectivity index (χ3v) is 3.67. The van der Waals surface area contributed by atoms with Gasteiger partial charge in [0, 0.05) is 17.1 Å². The molecule has 1 heteroatoms. The van der Waals surface area contributed by atoms with Crippen LogP contribution >= 0.6 is 0 Å². The van der Waals surface area contributed by atoms with Gasteiger partial charge in [0.15, 0.2) is 0 Å². The van der Waals surface area contributed by atoms with Crippen LogP contribution in [0.25, 0.3) is 0 Å². The summed E-state index contributed by atoms with van der Waals surface area (Å²) in [5, 5.41) is 0. The van der Waals surface area contributed by atoms with Gasteiger partial charge in [-0.2, -0.15) is 0 Å². The van der Waals surface area contributed by atoms with E-state index in [9.17, 15) is 0 Å². The van der Waals surface area contributed by atoms with Crippen molar-refractivity contribution in [3.05, 3.63) is 89.8 Å². The van der Waals surface area contributed by atoms with E-state index in [0.29, 0.717) is 0 Å². The normalized spacial score (nSPS) is 18.4. The minimum Gasteiger partial charge on any atom is -0.311 e. The molecule has 0 N–H and O–H groups in total. The maximum absolute atomic E-state index is 2.32. The molecular formula is C21H25N. The summed E-state index contributed by atoms with van der Waals surface area (Å²) in [5.41, 5.74) is 4.93. The number of hydrogen-bond donors (Lipinski definition) is 0. The summed E-state index contributed by atoms with van der Waals surface area (Å²) in [5.74, 6) is 0. The van der Waals surface area contributed by atoms with Crippen LogP contribution in [0.4, 0.5) is 5.69 Å². The molecule has 2 rings (SSSR count). The van der Waals surface area contributed by atoms with Crippen LogP contribution < -0.4 is 4.90 Å². The summed E-state index contributed by atoms with van der Waals surface area (Å²) >= 11 is 0. The number of hydrogen-bond acceptors (Lipinski definition) is 1. The first-order chi connectivity index (χ1) is 10.8. The van der Waals surface area contributed by atoms with Crippen LogP contribution in [0.2, 0.25) is 0 Å². The Kier molecular flexibility index (Phi) is 6.02. The first-order valence-corrected chi connectivity index (χ1v) is 7.95. The summed E-state index contributed by atoms with van der Waals surface area (Å²) in [6.45, 7) is 6.31. The van der Waals surface area contributed by atoms with E-state index in [1.165, 1.54) is 22.7 Å². The van der Waals surface area contributed by atoms with Gasteiger partial charge in [0.25, 0.3) is 0 Å². The van der Waals surface area contributed by atoms with Gasteiger partial charge in [0.2, 0.25) is 0 Å². The first kappa shape index (κ1) is 16.1. The van der Waals surface area contributed by atoms with Crippen LogP contribution in [0, 0.1) is 0 Å². The van der Waals surface area contributed by atoms with Crippen LogP contribution in [-0.2, 0) is 0 Å². The number of nitrogens with zero attached hydrogens (tertiary/aromatic N) is 1. The number of para-hydroxylation sites is 1. The number of benzene rings is 1.